The highest BCUT2D eigenvalue weighted by Crippen LogP contribution is 2.38. The molecule has 0 radical (unpaired) electrons. The number of nitrogens with zero attached hydrogens (tertiary/aromatic N) is 3. The van der Waals surface area contributed by atoms with E-state index in [9.17, 15) is 9.59 Å². The van der Waals surface area contributed by atoms with E-state index in [1.165, 1.54) is 0 Å². The van der Waals surface area contributed by atoms with Crippen LogP contribution in [0.5, 0.6) is 0 Å². The fraction of sp³-hybridized carbons (Fsp3) is 0.850. The molecule has 29 heavy (non-hydrogen) atoms. The number of likely N-dealkylation sites (N-methyl/N-ethyl adjacent to an activating group) is 1. The van der Waals surface area contributed by atoms with Crippen LogP contribution in [0.15, 0.2) is 4.99 Å². The second-order valence-corrected chi connectivity index (χ2v) is 9.01. The maximum absolute atomic E-state index is 12.2. The Morgan fingerprint density at radius 1 is 1.21 bits per heavy atom. The summed E-state index contributed by atoms with van der Waals surface area (Å²) in [6.07, 6.45) is 2.71. The molecule has 0 bridgehead atoms. The predicted molar refractivity (Wildman–Crippen MR) is 126 cm³/mol. The third-order valence-corrected chi connectivity index (χ3v) is 5.25. The van der Waals surface area contributed by atoms with Gasteiger partial charge in [0.2, 0.25) is 5.91 Å². The lowest BCUT2D eigenvalue weighted by Gasteiger charge is -2.26. The van der Waals surface area contributed by atoms with E-state index in [1.54, 1.807) is 19.0 Å². The zero-order chi connectivity index (χ0) is 20.9. The highest BCUT2D eigenvalue weighted by Gasteiger charge is 2.44. The number of carbonyl (C=O) groups excluding carboxylic acids is 2. The molecule has 1 saturated carbocycles. The van der Waals surface area contributed by atoms with Gasteiger partial charge >= 0.3 is 6.09 Å². The Kier molecular flexibility index (Phi) is 9.97. The SMILES string of the molecule is CCCNC(=NCC(=O)N(C)C)N1CC2CCC(NC(=O)OC(C)(C)C)C2C1.I. The van der Waals surface area contributed by atoms with Gasteiger partial charge in [-0.1, -0.05) is 6.92 Å². The summed E-state index contributed by atoms with van der Waals surface area (Å²) in [7, 11) is 3.48. The molecular weight excluding hydrogens is 485 g/mol. The zero-order valence-electron chi connectivity index (χ0n) is 18.7. The van der Waals surface area contributed by atoms with E-state index in [0.29, 0.717) is 11.8 Å². The van der Waals surface area contributed by atoms with Crippen molar-refractivity contribution in [3.63, 3.8) is 0 Å². The van der Waals surface area contributed by atoms with Gasteiger partial charge in [0.05, 0.1) is 0 Å². The number of halogens is 1. The molecule has 9 heteroatoms. The van der Waals surface area contributed by atoms with Gasteiger partial charge in [-0.3, -0.25) is 4.79 Å². The number of fused-ring (bicyclic) bond motifs is 1. The number of carbonyl (C=O) groups is 2. The number of aliphatic imine (C=N–C) groups is 1. The van der Waals surface area contributed by atoms with Crippen molar-refractivity contribution in [3.05, 3.63) is 0 Å². The first-order valence-corrected chi connectivity index (χ1v) is 10.3. The molecule has 0 spiro atoms. The van der Waals surface area contributed by atoms with E-state index in [2.05, 4.69) is 27.4 Å². The standard InChI is InChI=1S/C20H37N5O3.HI/c1-7-10-21-18(22-11-17(26)24(5)6)25-12-14-8-9-16(15(14)13-25)23-19(27)28-20(2,3)4;/h14-16H,7-13H2,1-6H3,(H,21,22)(H,23,27);1H. The van der Waals surface area contributed by atoms with Crippen LogP contribution >= 0.6 is 24.0 Å². The average Bonchev–Trinajstić information content (AvgIpc) is 3.15. The number of hydrogen-bond donors (Lipinski definition) is 2. The van der Waals surface area contributed by atoms with Crippen LogP contribution in [0.3, 0.4) is 0 Å². The Bertz CT molecular complexity index is 591. The monoisotopic (exact) mass is 523 g/mol. The first-order valence-electron chi connectivity index (χ1n) is 10.3. The van der Waals surface area contributed by atoms with E-state index in [0.717, 1.165) is 44.9 Å². The molecule has 0 aromatic rings. The number of hydrogen-bond acceptors (Lipinski definition) is 4. The summed E-state index contributed by atoms with van der Waals surface area (Å²) < 4.78 is 5.42. The van der Waals surface area contributed by atoms with Gasteiger partial charge in [-0.05, 0) is 46.0 Å². The van der Waals surface area contributed by atoms with Crippen molar-refractivity contribution in [2.45, 2.75) is 58.6 Å². The zero-order valence-corrected chi connectivity index (χ0v) is 21.0. The fourth-order valence-corrected chi connectivity index (χ4v) is 3.86. The molecule has 2 N–H and O–H groups in total. The van der Waals surface area contributed by atoms with Crippen molar-refractivity contribution in [2.24, 2.45) is 16.8 Å². The van der Waals surface area contributed by atoms with Gasteiger partial charge in [-0.2, -0.15) is 0 Å². The Morgan fingerprint density at radius 2 is 1.90 bits per heavy atom. The van der Waals surface area contributed by atoms with Crippen molar-refractivity contribution in [2.75, 3.05) is 40.3 Å². The van der Waals surface area contributed by atoms with E-state index in [4.69, 9.17) is 4.74 Å². The summed E-state index contributed by atoms with van der Waals surface area (Å²) in [6, 6.07) is 0.126. The summed E-state index contributed by atoms with van der Waals surface area (Å²) in [5, 5.41) is 6.44. The van der Waals surface area contributed by atoms with Crippen LogP contribution in [0, 0.1) is 11.8 Å². The Morgan fingerprint density at radius 3 is 2.48 bits per heavy atom. The molecule has 0 aromatic carbocycles. The topological polar surface area (TPSA) is 86.3 Å². The van der Waals surface area contributed by atoms with Crippen LogP contribution in [-0.4, -0.2) is 79.7 Å². The number of nitrogens with one attached hydrogen (secondary N) is 2. The van der Waals surface area contributed by atoms with E-state index < -0.39 is 5.60 Å². The van der Waals surface area contributed by atoms with Crippen molar-refractivity contribution < 1.29 is 14.3 Å². The Balaban J connectivity index is 0.00000420. The predicted octanol–water partition coefficient (Wildman–Crippen LogP) is 2.28. The first-order chi connectivity index (χ1) is 13.1. The van der Waals surface area contributed by atoms with Crippen molar-refractivity contribution in [1.29, 1.82) is 0 Å². The molecule has 8 nitrogen and oxygen atoms in total. The van der Waals surface area contributed by atoms with E-state index in [-0.39, 0.29) is 48.6 Å². The summed E-state index contributed by atoms with van der Waals surface area (Å²) >= 11 is 0. The summed E-state index contributed by atoms with van der Waals surface area (Å²) in [4.78, 5) is 32.4. The van der Waals surface area contributed by atoms with Gasteiger partial charge < -0.3 is 25.2 Å². The molecule has 1 aliphatic heterocycles. The quantitative estimate of drug-likeness (QED) is 0.328. The van der Waals surface area contributed by atoms with Crippen LogP contribution in [0.25, 0.3) is 0 Å². The Hall–Kier alpha value is -1.26. The second kappa shape index (κ2) is 11.2. The maximum atomic E-state index is 12.2. The van der Waals surface area contributed by atoms with Crippen LogP contribution in [-0.2, 0) is 9.53 Å². The third kappa shape index (κ3) is 7.82. The molecule has 2 fully saturated rings. The minimum Gasteiger partial charge on any atom is -0.444 e. The van der Waals surface area contributed by atoms with Gasteiger partial charge in [0.25, 0.3) is 0 Å². The molecule has 0 aromatic heterocycles. The maximum Gasteiger partial charge on any atom is 0.407 e. The number of amides is 2. The lowest BCUT2D eigenvalue weighted by atomic mass is 9.98. The highest BCUT2D eigenvalue weighted by molar-refractivity contribution is 14.0. The minimum absolute atomic E-state index is 0. The van der Waals surface area contributed by atoms with Gasteiger partial charge in [0.15, 0.2) is 5.96 Å². The van der Waals surface area contributed by atoms with Crippen LogP contribution in [0.4, 0.5) is 4.79 Å². The lowest BCUT2D eigenvalue weighted by Crippen LogP contribution is -2.45. The van der Waals surface area contributed by atoms with E-state index >= 15 is 0 Å². The molecule has 2 amide bonds. The molecule has 1 aliphatic carbocycles. The van der Waals surface area contributed by atoms with Crippen molar-refractivity contribution >= 4 is 41.9 Å². The second-order valence-electron chi connectivity index (χ2n) is 9.01. The van der Waals surface area contributed by atoms with Gasteiger partial charge in [0.1, 0.15) is 12.1 Å². The summed E-state index contributed by atoms with van der Waals surface area (Å²) in [6.45, 7) is 10.4. The highest BCUT2D eigenvalue weighted by atomic mass is 127. The molecule has 1 heterocycles. The van der Waals surface area contributed by atoms with Crippen LogP contribution in [0.2, 0.25) is 0 Å². The largest absolute Gasteiger partial charge is 0.444 e. The first kappa shape index (κ1) is 25.8. The summed E-state index contributed by atoms with van der Waals surface area (Å²) in [5.41, 5.74) is -0.493. The van der Waals surface area contributed by atoms with Crippen molar-refractivity contribution in [1.82, 2.24) is 20.4 Å². The van der Waals surface area contributed by atoms with Crippen molar-refractivity contribution in [3.8, 4) is 0 Å². The van der Waals surface area contributed by atoms with Gasteiger partial charge in [-0.15, -0.1) is 24.0 Å². The number of ether oxygens (including phenoxy) is 1. The molecule has 3 unspecified atom stereocenters. The minimum atomic E-state index is -0.493. The average molecular weight is 523 g/mol. The lowest BCUT2D eigenvalue weighted by molar-refractivity contribution is -0.127. The normalized spacial score (nSPS) is 23.9. The summed E-state index contributed by atoms with van der Waals surface area (Å²) in [5.74, 6) is 1.69. The fourth-order valence-electron chi connectivity index (χ4n) is 3.86. The molecule has 168 valence electrons. The van der Waals surface area contributed by atoms with Crippen LogP contribution in [0.1, 0.15) is 47.0 Å². The Labute approximate surface area is 192 Å². The molecule has 2 rings (SSSR count). The molecule has 3 atom stereocenters. The molecule has 2 aliphatic rings. The number of alkyl carbamates (subject to hydrolysis) is 1. The number of guanidine groups is 1. The third-order valence-electron chi connectivity index (χ3n) is 5.25. The van der Waals surface area contributed by atoms with Gasteiger partial charge in [0, 0.05) is 45.7 Å². The van der Waals surface area contributed by atoms with E-state index in [1.807, 2.05) is 20.8 Å². The number of rotatable bonds is 5. The molecular formula is C20H38IN5O3. The smallest absolute Gasteiger partial charge is 0.407 e. The van der Waals surface area contributed by atoms with Gasteiger partial charge in [-0.25, -0.2) is 9.79 Å². The van der Waals surface area contributed by atoms with Crippen LogP contribution < -0.4 is 10.6 Å². The molecule has 1 saturated heterocycles. The number of likely N-dealkylation sites (tertiary alicyclic amines) is 1.